The lowest BCUT2D eigenvalue weighted by Gasteiger charge is -2.19. The van der Waals surface area contributed by atoms with Crippen molar-refractivity contribution in [2.24, 2.45) is 0 Å². The van der Waals surface area contributed by atoms with Gasteiger partial charge in [-0.25, -0.2) is 8.42 Å². The molecule has 0 unspecified atom stereocenters. The van der Waals surface area contributed by atoms with Crippen molar-refractivity contribution >= 4 is 10.0 Å². The van der Waals surface area contributed by atoms with Gasteiger partial charge in [-0.15, -0.1) is 6.58 Å². The number of nitrogens with one attached hydrogen (secondary N) is 1. The van der Waals surface area contributed by atoms with Crippen molar-refractivity contribution in [3.63, 3.8) is 0 Å². The highest BCUT2D eigenvalue weighted by molar-refractivity contribution is 7.89. The van der Waals surface area contributed by atoms with E-state index in [0.29, 0.717) is 12.2 Å². The summed E-state index contributed by atoms with van der Waals surface area (Å²) < 4.78 is 26.1. The van der Waals surface area contributed by atoms with E-state index >= 15 is 0 Å². The van der Waals surface area contributed by atoms with Crippen LogP contribution in [0.5, 0.6) is 0 Å². The number of aromatic nitrogens is 1. The fourth-order valence-electron chi connectivity index (χ4n) is 1.73. The minimum Gasteiger partial charge on any atom is -0.390 e. The SMILES string of the molecule is C=CCN(C1CC1)S(=O)(=O)c1c[nH]c(CO)c1. The third kappa shape index (κ3) is 2.43. The van der Waals surface area contributed by atoms with Crippen molar-refractivity contribution in [1.29, 1.82) is 0 Å². The first-order chi connectivity index (χ1) is 8.09. The maximum absolute atomic E-state index is 12.3. The molecule has 1 fully saturated rings. The molecule has 5 nitrogen and oxygen atoms in total. The lowest BCUT2D eigenvalue weighted by atomic mass is 10.5. The summed E-state index contributed by atoms with van der Waals surface area (Å²) in [6, 6.07) is 1.57. The van der Waals surface area contributed by atoms with Crippen LogP contribution in [-0.2, 0) is 16.6 Å². The summed E-state index contributed by atoms with van der Waals surface area (Å²) in [7, 11) is -3.47. The molecule has 0 atom stereocenters. The number of aromatic amines is 1. The Morgan fingerprint density at radius 1 is 1.59 bits per heavy atom. The normalized spacial score (nSPS) is 16.4. The Hall–Kier alpha value is -1.11. The van der Waals surface area contributed by atoms with Gasteiger partial charge in [0.15, 0.2) is 0 Å². The maximum Gasteiger partial charge on any atom is 0.245 e. The van der Waals surface area contributed by atoms with Crippen LogP contribution in [-0.4, -0.2) is 35.4 Å². The van der Waals surface area contributed by atoms with Crippen LogP contribution < -0.4 is 0 Å². The summed E-state index contributed by atoms with van der Waals surface area (Å²) in [4.78, 5) is 2.94. The highest BCUT2D eigenvalue weighted by Gasteiger charge is 2.37. The fraction of sp³-hybridized carbons (Fsp3) is 0.455. The summed E-state index contributed by atoms with van der Waals surface area (Å²) in [5.74, 6) is 0. The zero-order valence-electron chi connectivity index (χ0n) is 9.46. The van der Waals surface area contributed by atoms with Gasteiger partial charge in [0.05, 0.1) is 11.5 Å². The van der Waals surface area contributed by atoms with Gasteiger partial charge in [0.25, 0.3) is 0 Å². The van der Waals surface area contributed by atoms with Crippen molar-refractivity contribution in [1.82, 2.24) is 9.29 Å². The minimum atomic E-state index is -3.47. The third-order valence-electron chi connectivity index (χ3n) is 2.76. The van der Waals surface area contributed by atoms with E-state index in [0.717, 1.165) is 12.8 Å². The van der Waals surface area contributed by atoms with Crippen LogP contribution in [0.3, 0.4) is 0 Å². The van der Waals surface area contributed by atoms with Crippen LogP contribution in [0.4, 0.5) is 0 Å². The number of sulfonamides is 1. The molecular weight excluding hydrogens is 240 g/mol. The molecule has 1 aromatic heterocycles. The number of nitrogens with zero attached hydrogens (tertiary/aromatic N) is 1. The monoisotopic (exact) mass is 256 g/mol. The van der Waals surface area contributed by atoms with E-state index in [1.165, 1.54) is 16.6 Å². The number of aliphatic hydroxyl groups is 1. The molecule has 0 bridgehead atoms. The minimum absolute atomic E-state index is 0.102. The predicted molar refractivity (Wildman–Crippen MR) is 63.8 cm³/mol. The predicted octanol–water partition coefficient (Wildman–Crippen LogP) is 0.846. The Morgan fingerprint density at radius 3 is 2.76 bits per heavy atom. The van der Waals surface area contributed by atoms with E-state index < -0.39 is 10.0 Å². The van der Waals surface area contributed by atoms with Crippen molar-refractivity contribution in [2.45, 2.75) is 30.4 Å². The van der Waals surface area contributed by atoms with Gasteiger partial charge in [-0.1, -0.05) is 6.08 Å². The molecule has 0 amide bonds. The first-order valence-electron chi connectivity index (χ1n) is 5.50. The molecule has 0 saturated heterocycles. The molecule has 2 N–H and O–H groups in total. The van der Waals surface area contributed by atoms with E-state index in [1.807, 2.05) is 0 Å². The number of rotatable bonds is 6. The smallest absolute Gasteiger partial charge is 0.245 e. The summed E-state index contributed by atoms with van der Waals surface area (Å²) in [6.07, 6.45) is 4.82. The first-order valence-corrected chi connectivity index (χ1v) is 6.94. The molecule has 1 aliphatic carbocycles. The summed E-state index contributed by atoms with van der Waals surface area (Å²) in [5, 5.41) is 8.92. The third-order valence-corrected chi connectivity index (χ3v) is 4.65. The molecule has 1 heterocycles. The summed E-state index contributed by atoms with van der Waals surface area (Å²) >= 11 is 0. The van der Waals surface area contributed by atoms with E-state index in [-0.39, 0.29) is 17.5 Å². The largest absolute Gasteiger partial charge is 0.390 e. The summed E-state index contributed by atoms with van der Waals surface area (Å²) in [6.45, 7) is 3.72. The van der Waals surface area contributed by atoms with Crippen LogP contribution in [0.1, 0.15) is 18.5 Å². The molecule has 1 aliphatic rings. The molecular formula is C11H16N2O3S. The van der Waals surface area contributed by atoms with Crippen molar-refractivity contribution in [2.75, 3.05) is 6.54 Å². The van der Waals surface area contributed by atoms with E-state index in [1.54, 1.807) is 6.08 Å². The number of aliphatic hydroxyl groups excluding tert-OH is 1. The van der Waals surface area contributed by atoms with E-state index in [9.17, 15) is 8.42 Å². The summed E-state index contributed by atoms with van der Waals surface area (Å²) in [5.41, 5.74) is 0.498. The number of hydrogen-bond donors (Lipinski definition) is 2. The standard InChI is InChI=1S/C11H16N2O3S/c1-2-5-13(10-3-4-10)17(15,16)11-6-9(8-14)12-7-11/h2,6-7,10,12,14H,1,3-5,8H2. The second kappa shape index (κ2) is 4.64. The number of hydrogen-bond acceptors (Lipinski definition) is 3. The van der Waals surface area contributed by atoms with Crippen molar-refractivity contribution in [3.8, 4) is 0 Å². The van der Waals surface area contributed by atoms with E-state index in [2.05, 4.69) is 11.6 Å². The van der Waals surface area contributed by atoms with Gasteiger partial charge in [0.1, 0.15) is 0 Å². The maximum atomic E-state index is 12.3. The lowest BCUT2D eigenvalue weighted by molar-refractivity contribution is 0.277. The average molecular weight is 256 g/mol. The van der Waals surface area contributed by atoms with Gasteiger partial charge < -0.3 is 10.1 Å². The second-order valence-electron chi connectivity index (χ2n) is 4.11. The molecule has 2 rings (SSSR count). The van der Waals surface area contributed by atoms with Gasteiger partial charge in [-0.05, 0) is 18.9 Å². The lowest BCUT2D eigenvalue weighted by Crippen LogP contribution is -2.33. The zero-order valence-corrected chi connectivity index (χ0v) is 10.3. The Bertz CT molecular complexity index is 503. The molecule has 0 aliphatic heterocycles. The Kier molecular flexibility index (Phi) is 3.37. The van der Waals surface area contributed by atoms with Crippen LogP contribution in [0.15, 0.2) is 29.8 Å². The first kappa shape index (κ1) is 12.3. The average Bonchev–Trinajstić information content (AvgIpc) is 3.01. The highest BCUT2D eigenvalue weighted by Crippen LogP contribution is 2.31. The van der Waals surface area contributed by atoms with Gasteiger partial charge in [-0.2, -0.15) is 4.31 Å². The molecule has 1 saturated carbocycles. The molecule has 6 heteroatoms. The van der Waals surface area contributed by atoms with Gasteiger partial charge in [0, 0.05) is 24.5 Å². The molecule has 0 spiro atoms. The molecule has 17 heavy (non-hydrogen) atoms. The van der Waals surface area contributed by atoms with E-state index in [4.69, 9.17) is 5.11 Å². The van der Waals surface area contributed by atoms with Crippen LogP contribution >= 0.6 is 0 Å². The zero-order chi connectivity index (χ0) is 12.5. The van der Waals surface area contributed by atoms with Gasteiger partial charge >= 0.3 is 0 Å². The van der Waals surface area contributed by atoms with Gasteiger partial charge in [0.2, 0.25) is 10.0 Å². The Morgan fingerprint density at radius 2 is 2.29 bits per heavy atom. The quantitative estimate of drug-likeness (QED) is 0.741. The van der Waals surface area contributed by atoms with Crippen LogP contribution in [0.25, 0.3) is 0 Å². The van der Waals surface area contributed by atoms with Crippen LogP contribution in [0, 0.1) is 0 Å². The number of H-pyrrole nitrogens is 1. The topological polar surface area (TPSA) is 73.4 Å². The van der Waals surface area contributed by atoms with Crippen molar-refractivity contribution < 1.29 is 13.5 Å². The molecule has 1 aromatic rings. The Balaban J connectivity index is 2.29. The van der Waals surface area contributed by atoms with Gasteiger partial charge in [-0.3, -0.25) is 0 Å². The molecule has 94 valence electrons. The molecule has 0 radical (unpaired) electrons. The second-order valence-corrected chi connectivity index (χ2v) is 6.00. The van der Waals surface area contributed by atoms with Crippen molar-refractivity contribution in [3.05, 3.63) is 30.6 Å². The van der Waals surface area contributed by atoms with Crippen LogP contribution in [0.2, 0.25) is 0 Å². The highest BCUT2D eigenvalue weighted by atomic mass is 32.2. The molecule has 0 aromatic carbocycles. The Labute approximate surface area is 101 Å². The fourth-order valence-corrected chi connectivity index (χ4v) is 3.40.